The van der Waals surface area contributed by atoms with E-state index < -0.39 is 30.4 Å². The summed E-state index contributed by atoms with van der Waals surface area (Å²) in [7, 11) is 1.44. The lowest BCUT2D eigenvalue weighted by Gasteiger charge is -2.14. The van der Waals surface area contributed by atoms with Crippen LogP contribution in [0.15, 0.2) is 18.2 Å². The van der Waals surface area contributed by atoms with Crippen LogP contribution in [0, 0.1) is 0 Å². The van der Waals surface area contributed by atoms with Crippen molar-refractivity contribution in [1.29, 1.82) is 0 Å². The molecule has 1 atom stereocenters. The Bertz CT molecular complexity index is 564. The van der Waals surface area contributed by atoms with E-state index in [0.29, 0.717) is 5.75 Å². The molecule has 0 fully saturated rings. The predicted molar refractivity (Wildman–Crippen MR) is 75.4 cm³/mol. The molecule has 0 spiro atoms. The van der Waals surface area contributed by atoms with Gasteiger partial charge in [-0.2, -0.15) is 0 Å². The van der Waals surface area contributed by atoms with E-state index in [1.807, 2.05) is 0 Å². The van der Waals surface area contributed by atoms with E-state index in [0.717, 1.165) is 0 Å². The van der Waals surface area contributed by atoms with Crippen LogP contribution >= 0.6 is 11.6 Å². The van der Waals surface area contributed by atoms with E-state index >= 15 is 0 Å². The van der Waals surface area contributed by atoms with Crippen LogP contribution in [0.1, 0.15) is 6.42 Å². The third-order valence-electron chi connectivity index (χ3n) is 2.43. The molecule has 0 saturated carbocycles. The second-order valence-corrected chi connectivity index (χ2v) is 4.41. The van der Waals surface area contributed by atoms with E-state index in [2.05, 4.69) is 10.6 Å². The highest BCUT2D eigenvalue weighted by atomic mass is 35.5. The molecule has 0 saturated heterocycles. The van der Waals surface area contributed by atoms with E-state index in [4.69, 9.17) is 27.2 Å². The molecule has 0 aliphatic rings. The number of urea groups is 1. The third-order valence-corrected chi connectivity index (χ3v) is 2.76. The van der Waals surface area contributed by atoms with Crippen molar-refractivity contribution in [3.8, 4) is 5.75 Å². The first-order valence-electron chi connectivity index (χ1n) is 5.75. The Balaban J connectivity index is 2.76. The highest BCUT2D eigenvalue weighted by molar-refractivity contribution is 6.33. The van der Waals surface area contributed by atoms with Gasteiger partial charge in [-0.15, -0.1) is 0 Å². The molecule has 1 aromatic carbocycles. The van der Waals surface area contributed by atoms with E-state index in [-0.39, 0.29) is 10.7 Å². The van der Waals surface area contributed by atoms with Crippen LogP contribution in [-0.2, 0) is 9.59 Å². The minimum Gasteiger partial charge on any atom is -0.497 e. The molecule has 9 heteroatoms. The average Bonchev–Trinajstić information content (AvgIpc) is 2.39. The third kappa shape index (κ3) is 5.19. The van der Waals surface area contributed by atoms with Crippen molar-refractivity contribution in [2.45, 2.75) is 12.5 Å². The van der Waals surface area contributed by atoms with Gasteiger partial charge in [0.05, 0.1) is 24.2 Å². The summed E-state index contributed by atoms with van der Waals surface area (Å²) in [5.41, 5.74) is 5.14. The molecule has 0 heterocycles. The van der Waals surface area contributed by atoms with Gasteiger partial charge < -0.3 is 26.2 Å². The number of nitrogens with one attached hydrogen (secondary N) is 2. The van der Waals surface area contributed by atoms with Crippen LogP contribution in [0.5, 0.6) is 5.75 Å². The summed E-state index contributed by atoms with van der Waals surface area (Å²) in [5, 5.41) is 13.6. The number of carbonyl (C=O) groups is 3. The number of aliphatic carboxylic acids is 1. The normalized spacial score (nSPS) is 11.3. The number of carboxylic acids is 1. The fourth-order valence-corrected chi connectivity index (χ4v) is 1.61. The molecule has 21 heavy (non-hydrogen) atoms. The molecule has 5 N–H and O–H groups in total. The van der Waals surface area contributed by atoms with Crippen molar-refractivity contribution in [3.63, 3.8) is 0 Å². The maximum absolute atomic E-state index is 11.7. The van der Waals surface area contributed by atoms with Gasteiger partial charge >= 0.3 is 12.0 Å². The molecule has 114 valence electrons. The number of benzene rings is 1. The summed E-state index contributed by atoms with van der Waals surface area (Å²) >= 11 is 5.89. The minimum absolute atomic E-state index is 0.233. The molecule has 1 aromatic rings. The number of carboxylic acid groups (broad SMARTS) is 1. The SMILES string of the molecule is COc1ccc(Cl)c(NC(=O)N[C@@H](CC(N)=O)C(=O)O)c1. The molecular weight excluding hydrogens is 302 g/mol. The molecule has 3 amide bonds. The summed E-state index contributed by atoms with van der Waals surface area (Å²) in [6.45, 7) is 0. The summed E-state index contributed by atoms with van der Waals surface area (Å²) in [4.78, 5) is 33.4. The summed E-state index contributed by atoms with van der Waals surface area (Å²) < 4.78 is 4.98. The van der Waals surface area contributed by atoms with Gasteiger partial charge in [-0.3, -0.25) is 4.79 Å². The lowest BCUT2D eigenvalue weighted by molar-refractivity contribution is -0.140. The predicted octanol–water partition coefficient (Wildman–Crippen LogP) is 0.799. The monoisotopic (exact) mass is 315 g/mol. The number of hydrogen-bond donors (Lipinski definition) is 4. The van der Waals surface area contributed by atoms with Gasteiger partial charge in [0.1, 0.15) is 11.8 Å². The molecule has 1 rings (SSSR count). The summed E-state index contributed by atoms with van der Waals surface area (Å²) in [5.74, 6) is -1.76. The maximum atomic E-state index is 11.7. The van der Waals surface area contributed by atoms with Gasteiger partial charge in [-0.1, -0.05) is 11.6 Å². The Morgan fingerprint density at radius 2 is 2.10 bits per heavy atom. The fraction of sp³-hybridized carbons (Fsp3) is 0.250. The zero-order chi connectivity index (χ0) is 16.0. The zero-order valence-corrected chi connectivity index (χ0v) is 11.8. The second-order valence-electron chi connectivity index (χ2n) is 4.01. The van der Waals surface area contributed by atoms with Crippen LogP contribution in [0.4, 0.5) is 10.5 Å². The molecule has 0 aliphatic heterocycles. The van der Waals surface area contributed by atoms with Crippen LogP contribution in [-0.4, -0.2) is 36.2 Å². The zero-order valence-electron chi connectivity index (χ0n) is 11.1. The van der Waals surface area contributed by atoms with Crippen molar-refractivity contribution in [2.75, 3.05) is 12.4 Å². The fourth-order valence-electron chi connectivity index (χ4n) is 1.45. The number of methoxy groups -OCH3 is 1. The number of hydrogen-bond acceptors (Lipinski definition) is 4. The first-order chi connectivity index (χ1) is 9.83. The number of ether oxygens (including phenoxy) is 1. The number of primary amides is 1. The first kappa shape index (κ1) is 16.6. The minimum atomic E-state index is -1.42. The molecule has 0 bridgehead atoms. The molecule has 0 unspecified atom stereocenters. The van der Waals surface area contributed by atoms with Crippen LogP contribution < -0.4 is 21.1 Å². The van der Waals surface area contributed by atoms with E-state index in [9.17, 15) is 14.4 Å². The molecule has 8 nitrogen and oxygen atoms in total. The van der Waals surface area contributed by atoms with Gasteiger partial charge in [-0.05, 0) is 12.1 Å². The Labute approximate surface area is 125 Å². The van der Waals surface area contributed by atoms with Crippen molar-refractivity contribution in [3.05, 3.63) is 23.2 Å². The molecule has 0 aromatic heterocycles. The van der Waals surface area contributed by atoms with Gasteiger partial charge in [0, 0.05) is 6.07 Å². The maximum Gasteiger partial charge on any atom is 0.326 e. The average molecular weight is 316 g/mol. The quantitative estimate of drug-likeness (QED) is 0.616. The molecular formula is C12H14ClN3O5. The summed E-state index contributed by atoms with van der Waals surface area (Å²) in [6.07, 6.45) is -0.519. The first-order valence-corrected chi connectivity index (χ1v) is 6.13. The Kier molecular flexibility index (Phi) is 5.79. The second kappa shape index (κ2) is 7.34. The number of rotatable bonds is 6. The largest absolute Gasteiger partial charge is 0.497 e. The van der Waals surface area contributed by atoms with Crippen molar-refractivity contribution in [2.24, 2.45) is 5.73 Å². The van der Waals surface area contributed by atoms with Crippen molar-refractivity contribution in [1.82, 2.24) is 5.32 Å². The smallest absolute Gasteiger partial charge is 0.326 e. The Hall–Kier alpha value is -2.48. The number of anilines is 1. The van der Waals surface area contributed by atoms with Gasteiger partial charge in [0.15, 0.2) is 0 Å². The number of carbonyl (C=O) groups excluding carboxylic acids is 2. The van der Waals surface area contributed by atoms with Crippen LogP contribution in [0.25, 0.3) is 0 Å². The molecule has 0 radical (unpaired) electrons. The standard InChI is InChI=1S/C12H14ClN3O5/c1-21-6-2-3-7(13)8(4-6)15-12(20)16-9(11(18)19)5-10(14)17/h2-4,9H,5H2,1H3,(H2,14,17)(H,18,19)(H2,15,16,20)/t9-/m0/s1. The van der Waals surface area contributed by atoms with Gasteiger partial charge in [0.25, 0.3) is 0 Å². The number of halogens is 1. The van der Waals surface area contributed by atoms with E-state index in [1.165, 1.54) is 19.2 Å². The van der Waals surface area contributed by atoms with E-state index in [1.54, 1.807) is 6.07 Å². The van der Waals surface area contributed by atoms with Crippen molar-refractivity contribution < 1.29 is 24.2 Å². The number of amides is 3. The lowest BCUT2D eigenvalue weighted by Crippen LogP contribution is -2.45. The topological polar surface area (TPSA) is 131 Å². The highest BCUT2D eigenvalue weighted by Crippen LogP contribution is 2.26. The van der Waals surface area contributed by atoms with Crippen LogP contribution in [0.3, 0.4) is 0 Å². The summed E-state index contributed by atoms with van der Waals surface area (Å²) in [6, 6.07) is 2.31. The molecule has 0 aliphatic carbocycles. The number of nitrogens with two attached hydrogens (primary N) is 1. The van der Waals surface area contributed by atoms with Crippen LogP contribution in [0.2, 0.25) is 5.02 Å². The highest BCUT2D eigenvalue weighted by Gasteiger charge is 2.22. The lowest BCUT2D eigenvalue weighted by atomic mass is 10.2. The Morgan fingerprint density at radius 1 is 1.43 bits per heavy atom. The van der Waals surface area contributed by atoms with Gasteiger partial charge in [0.2, 0.25) is 5.91 Å². The Morgan fingerprint density at radius 3 is 2.62 bits per heavy atom. The van der Waals surface area contributed by atoms with Crippen molar-refractivity contribution >= 4 is 35.2 Å². The van der Waals surface area contributed by atoms with Gasteiger partial charge in [-0.25, -0.2) is 9.59 Å².